The van der Waals surface area contributed by atoms with Crippen LogP contribution in [0.4, 0.5) is 5.13 Å². The Bertz CT molecular complexity index is 333. The SMILES string of the molecule is COCCNCc1csc(N(C)C(C)CSC)n1. The minimum absolute atomic E-state index is 0.514. The van der Waals surface area contributed by atoms with Gasteiger partial charge in [-0.05, 0) is 13.2 Å². The first-order chi connectivity index (χ1) is 8.69. The highest BCUT2D eigenvalue weighted by molar-refractivity contribution is 7.98. The van der Waals surface area contributed by atoms with Crippen molar-refractivity contribution in [1.82, 2.24) is 10.3 Å². The molecule has 1 rings (SSSR count). The van der Waals surface area contributed by atoms with E-state index in [1.54, 1.807) is 18.4 Å². The summed E-state index contributed by atoms with van der Waals surface area (Å²) in [6.45, 7) is 4.64. The molecule has 104 valence electrons. The first kappa shape index (κ1) is 15.8. The molecule has 0 aliphatic heterocycles. The lowest BCUT2D eigenvalue weighted by atomic mass is 10.4. The van der Waals surface area contributed by atoms with Gasteiger partial charge in [-0.25, -0.2) is 4.98 Å². The number of hydrogen-bond acceptors (Lipinski definition) is 6. The van der Waals surface area contributed by atoms with Gasteiger partial charge in [-0.3, -0.25) is 0 Å². The van der Waals surface area contributed by atoms with E-state index < -0.39 is 0 Å². The van der Waals surface area contributed by atoms with Crippen molar-refractivity contribution in [3.8, 4) is 0 Å². The zero-order chi connectivity index (χ0) is 13.4. The molecule has 1 N–H and O–H groups in total. The zero-order valence-electron chi connectivity index (χ0n) is 11.6. The summed E-state index contributed by atoms with van der Waals surface area (Å²) >= 11 is 3.58. The number of thiazole rings is 1. The van der Waals surface area contributed by atoms with Gasteiger partial charge in [-0.1, -0.05) is 0 Å². The topological polar surface area (TPSA) is 37.4 Å². The highest BCUT2D eigenvalue weighted by Gasteiger charge is 2.12. The maximum absolute atomic E-state index is 4.99. The Morgan fingerprint density at radius 2 is 2.39 bits per heavy atom. The molecule has 6 heteroatoms. The molecule has 1 aromatic rings. The molecule has 0 aromatic carbocycles. The predicted octanol–water partition coefficient (Wildman–Crippen LogP) is 2.07. The molecule has 4 nitrogen and oxygen atoms in total. The van der Waals surface area contributed by atoms with Crippen molar-refractivity contribution in [1.29, 1.82) is 0 Å². The molecule has 0 amide bonds. The second-order valence-electron chi connectivity index (χ2n) is 4.21. The number of thioether (sulfide) groups is 1. The number of nitrogens with one attached hydrogen (secondary N) is 1. The van der Waals surface area contributed by atoms with Crippen LogP contribution in [-0.2, 0) is 11.3 Å². The lowest BCUT2D eigenvalue weighted by molar-refractivity contribution is 0.199. The number of anilines is 1. The molecule has 1 aromatic heterocycles. The Morgan fingerprint density at radius 1 is 1.61 bits per heavy atom. The summed E-state index contributed by atoms with van der Waals surface area (Å²) in [7, 11) is 3.83. The highest BCUT2D eigenvalue weighted by atomic mass is 32.2. The van der Waals surface area contributed by atoms with Crippen molar-refractivity contribution < 1.29 is 4.74 Å². The summed E-state index contributed by atoms with van der Waals surface area (Å²) in [5.41, 5.74) is 1.11. The molecule has 0 spiro atoms. The lowest BCUT2D eigenvalue weighted by Crippen LogP contribution is -2.30. The van der Waals surface area contributed by atoms with Crippen LogP contribution >= 0.6 is 23.1 Å². The molecule has 0 aliphatic carbocycles. The third-order valence-corrected chi connectivity index (χ3v) is 4.50. The van der Waals surface area contributed by atoms with E-state index in [4.69, 9.17) is 4.74 Å². The summed E-state index contributed by atoms with van der Waals surface area (Å²) in [5.74, 6) is 1.12. The van der Waals surface area contributed by atoms with Crippen molar-refractivity contribution in [2.75, 3.05) is 44.2 Å². The maximum Gasteiger partial charge on any atom is 0.185 e. The molecule has 0 saturated carbocycles. The van der Waals surface area contributed by atoms with E-state index >= 15 is 0 Å². The van der Waals surface area contributed by atoms with E-state index in [1.165, 1.54) is 0 Å². The van der Waals surface area contributed by atoms with Crippen LogP contribution < -0.4 is 10.2 Å². The molecule has 0 saturated heterocycles. The van der Waals surface area contributed by atoms with Crippen molar-refractivity contribution in [3.63, 3.8) is 0 Å². The van der Waals surface area contributed by atoms with E-state index in [1.807, 2.05) is 11.8 Å². The molecule has 18 heavy (non-hydrogen) atoms. The number of nitrogens with zero attached hydrogens (tertiary/aromatic N) is 2. The third kappa shape index (κ3) is 5.14. The maximum atomic E-state index is 4.99. The quantitative estimate of drug-likeness (QED) is 0.704. The average Bonchev–Trinajstić information content (AvgIpc) is 2.83. The average molecular weight is 289 g/mol. The van der Waals surface area contributed by atoms with Crippen LogP contribution in [-0.4, -0.2) is 50.3 Å². The molecular formula is C12H23N3OS2. The fourth-order valence-electron chi connectivity index (χ4n) is 1.47. The van der Waals surface area contributed by atoms with E-state index in [-0.39, 0.29) is 0 Å². The summed E-state index contributed by atoms with van der Waals surface area (Å²) in [6.07, 6.45) is 2.14. The predicted molar refractivity (Wildman–Crippen MR) is 81.9 cm³/mol. The fourth-order valence-corrected chi connectivity index (χ4v) is 3.07. The van der Waals surface area contributed by atoms with Gasteiger partial charge in [0.15, 0.2) is 5.13 Å². The summed E-state index contributed by atoms with van der Waals surface area (Å²) < 4.78 is 4.99. The number of ether oxygens (including phenoxy) is 1. The Hall–Kier alpha value is -0.300. The van der Waals surface area contributed by atoms with Gasteiger partial charge in [-0.15, -0.1) is 11.3 Å². The monoisotopic (exact) mass is 289 g/mol. The van der Waals surface area contributed by atoms with Crippen molar-refractivity contribution in [2.24, 2.45) is 0 Å². The standard InChI is InChI=1S/C12H23N3OS2/c1-10(8-17-4)15(2)12-14-11(9-18-12)7-13-5-6-16-3/h9-10,13H,5-8H2,1-4H3. The summed E-state index contributed by atoms with van der Waals surface area (Å²) in [4.78, 5) is 6.89. The van der Waals surface area contributed by atoms with Gasteiger partial charge in [0.25, 0.3) is 0 Å². The van der Waals surface area contributed by atoms with E-state index in [9.17, 15) is 0 Å². The minimum atomic E-state index is 0.514. The highest BCUT2D eigenvalue weighted by Crippen LogP contribution is 2.22. The number of hydrogen-bond donors (Lipinski definition) is 1. The summed E-state index contributed by atoms with van der Waals surface area (Å²) in [5, 5.41) is 6.53. The van der Waals surface area contributed by atoms with Crippen LogP contribution in [0.15, 0.2) is 5.38 Å². The zero-order valence-corrected chi connectivity index (χ0v) is 13.2. The van der Waals surface area contributed by atoms with Crippen LogP contribution in [0.25, 0.3) is 0 Å². The second kappa shape index (κ2) is 8.74. The van der Waals surface area contributed by atoms with E-state index in [0.717, 1.165) is 36.3 Å². The molecule has 1 atom stereocenters. The van der Waals surface area contributed by atoms with E-state index in [0.29, 0.717) is 6.04 Å². The molecule has 0 fully saturated rings. The van der Waals surface area contributed by atoms with Crippen LogP contribution in [0.2, 0.25) is 0 Å². The van der Waals surface area contributed by atoms with Gasteiger partial charge in [0.1, 0.15) is 0 Å². The number of aromatic nitrogens is 1. The minimum Gasteiger partial charge on any atom is -0.383 e. The van der Waals surface area contributed by atoms with Crippen LogP contribution in [0, 0.1) is 0 Å². The lowest BCUT2D eigenvalue weighted by Gasteiger charge is -2.23. The van der Waals surface area contributed by atoms with Crippen molar-refractivity contribution in [3.05, 3.63) is 11.1 Å². The van der Waals surface area contributed by atoms with Gasteiger partial charge >= 0.3 is 0 Å². The molecular weight excluding hydrogens is 266 g/mol. The van der Waals surface area contributed by atoms with Gasteiger partial charge in [-0.2, -0.15) is 11.8 Å². The van der Waals surface area contributed by atoms with Gasteiger partial charge in [0.05, 0.1) is 12.3 Å². The molecule has 0 bridgehead atoms. The Labute approximate surface area is 118 Å². The second-order valence-corrected chi connectivity index (χ2v) is 5.95. The van der Waals surface area contributed by atoms with Gasteiger partial charge in [0.2, 0.25) is 0 Å². The molecule has 0 radical (unpaired) electrons. The normalized spacial score (nSPS) is 12.7. The van der Waals surface area contributed by atoms with Crippen LogP contribution in [0.1, 0.15) is 12.6 Å². The summed E-state index contributed by atoms with van der Waals surface area (Å²) in [6, 6.07) is 0.514. The first-order valence-corrected chi connectivity index (χ1v) is 8.32. The van der Waals surface area contributed by atoms with Gasteiger partial charge < -0.3 is 15.0 Å². The Morgan fingerprint density at radius 3 is 3.06 bits per heavy atom. The Kier molecular flexibility index (Phi) is 7.65. The van der Waals surface area contributed by atoms with E-state index in [2.05, 4.69) is 40.8 Å². The van der Waals surface area contributed by atoms with Crippen molar-refractivity contribution in [2.45, 2.75) is 19.5 Å². The van der Waals surface area contributed by atoms with Crippen LogP contribution in [0.3, 0.4) is 0 Å². The van der Waals surface area contributed by atoms with Gasteiger partial charge in [0, 0.05) is 44.4 Å². The molecule has 0 aliphatic rings. The molecule has 1 unspecified atom stereocenters. The van der Waals surface area contributed by atoms with Crippen molar-refractivity contribution >= 4 is 28.2 Å². The smallest absolute Gasteiger partial charge is 0.185 e. The Balaban J connectivity index is 2.41. The number of rotatable bonds is 9. The molecule has 1 heterocycles. The first-order valence-electron chi connectivity index (χ1n) is 6.04. The number of methoxy groups -OCH3 is 1. The van der Waals surface area contributed by atoms with Crippen LogP contribution in [0.5, 0.6) is 0 Å². The largest absolute Gasteiger partial charge is 0.383 e. The fraction of sp³-hybridized carbons (Fsp3) is 0.750. The third-order valence-electron chi connectivity index (χ3n) is 2.70.